The van der Waals surface area contributed by atoms with Gasteiger partial charge in [0.05, 0.1) is 5.39 Å². The van der Waals surface area contributed by atoms with Gasteiger partial charge in [0.2, 0.25) is 0 Å². The van der Waals surface area contributed by atoms with Gasteiger partial charge in [0.15, 0.2) is 0 Å². The van der Waals surface area contributed by atoms with Crippen LogP contribution in [-0.4, -0.2) is 15.3 Å². The summed E-state index contributed by atoms with van der Waals surface area (Å²) in [6.45, 7) is 7.81. The molecular formula is C19H20N2O2S. The standard InChI is InChI=1S/C19H20N2O2S/c1-11-5-7-15(8-6-11)16-13(3)24-18-17(16)19(23)21(14(4)20-18)10-9-12(2)22/h5-8H,9-10H2,1-4H3. The number of aryl methyl sites for hydroxylation is 3. The minimum Gasteiger partial charge on any atom is -0.300 e. The zero-order chi connectivity index (χ0) is 17.4. The Hall–Kier alpha value is -2.27. The van der Waals surface area contributed by atoms with Crippen molar-refractivity contribution in [3.8, 4) is 11.1 Å². The molecule has 3 aromatic rings. The monoisotopic (exact) mass is 340 g/mol. The fourth-order valence-corrected chi connectivity index (χ4v) is 3.98. The predicted octanol–water partition coefficient (Wildman–Crippen LogP) is 4.03. The molecule has 0 atom stereocenters. The van der Waals surface area contributed by atoms with Crippen LogP contribution in [0.2, 0.25) is 0 Å². The predicted molar refractivity (Wildman–Crippen MR) is 98.8 cm³/mol. The number of carbonyl (C=O) groups is 1. The molecule has 3 rings (SSSR count). The minimum atomic E-state index is -0.0568. The van der Waals surface area contributed by atoms with Crippen molar-refractivity contribution in [2.24, 2.45) is 0 Å². The van der Waals surface area contributed by atoms with Crippen LogP contribution in [0.1, 0.15) is 29.6 Å². The van der Waals surface area contributed by atoms with Crippen LogP contribution in [-0.2, 0) is 11.3 Å². The number of fused-ring (bicyclic) bond motifs is 1. The lowest BCUT2D eigenvalue weighted by atomic mass is 10.0. The van der Waals surface area contributed by atoms with Gasteiger partial charge in [-0.05, 0) is 33.3 Å². The number of hydrogen-bond donors (Lipinski definition) is 0. The molecule has 0 aliphatic carbocycles. The van der Waals surface area contributed by atoms with Crippen molar-refractivity contribution in [1.29, 1.82) is 0 Å². The maximum Gasteiger partial charge on any atom is 0.262 e. The lowest BCUT2D eigenvalue weighted by molar-refractivity contribution is -0.117. The Labute approximate surface area is 144 Å². The van der Waals surface area contributed by atoms with E-state index < -0.39 is 0 Å². The van der Waals surface area contributed by atoms with Gasteiger partial charge in [-0.2, -0.15) is 0 Å². The van der Waals surface area contributed by atoms with Crippen molar-refractivity contribution in [3.05, 3.63) is 50.9 Å². The van der Waals surface area contributed by atoms with Crippen LogP contribution < -0.4 is 5.56 Å². The number of rotatable bonds is 4. The van der Waals surface area contributed by atoms with Crippen LogP contribution in [0.4, 0.5) is 0 Å². The molecule has 0 N–H and O–H groups in total. The van der Waals surface area contributed by atoms with E-state index in [2.05, 4.69) is 4.98 Å². The van der Waals surface area contributed by atoms with E-state index in [9.17, 15) is 9.59 Å². The van der Waals surface area contributed by atoms with Gasteiger partial charge in [-0.3, -0.25) is 14.2 Å². The van der Waals surface area contributed by atoms with Gasteiger partial charge in [0.1, 0.15) is 16.4 Å². The molecule has 0 unspecified atom stereocenters. The van der Waals surface area contributed by atoms with Crippen molar-refractivity contribution in [2.75, 3.05) is 0 Å². The average Bonchev–Trinajstić information content (AvgIpc) is 2.83. The highest BCUT2D eigenvalue weighted by Crippen LogP contribution is 2.35. The molecule has 0 aliphatic rings. The first-order chi connectivity index (χ1) is 11.4. The molecule has 0 fully saturated rings. The molecule has 0 amide bonds. The quantitative estimate of drug-likeness (QED) is 0.720. The van der Waals surface area contributed by atoms with Gasteiger partial charge in [0, 0.05) is 23.4 Å². The Morgan fingerprint density at radius 3 is 2.46 bits per heavy atom. The van der Waals surface area contributed by atoms with Crippen molar-refractivity contribution >= 4 is 27.3 Å². The summed E-state index contributed by atoms with van der Waals surface area (Å²) in [4.78, 5) is 30.8. The van der Waals surface area contributed by atoms with Gasteiger partial charge in [-0.15, -0.1) is 11.3 Å². The van der Waals surface area contributed by atoms with E-state index in [1.807, 2.05) is 45.0 Å². The molecule has 0 bridgehead atoms. The third-order valence-electron chi connectivity index (χ3n) is 4.21. The first-order valence-electron chi connectivity index (χ1n) is 7.95. The Bertz CT molecular complexity index is 981. The summed E-state index contributed by atoms with van der Waals surface area (Å²) in [7, 11) is 0. The molecule has 24 heavy (non-hydrogen) atoms. The first-order valence-corrected chi connectivity index (χ1v) is 8.77. The third kappa shape index (κ3) is 2.91. The molecule has 0 radical (unpaired) electrons. The summed E-state index contributed by atoms with van der Waals surface area (Å²) < 4.78 is 1.62. The van der Waals surface area contributed by atoms with E-state index in [0.717, 1.165) is 20.8 Å². The summed E-state index contributed by atoms with van der Waals surface area (Å²) in [6, 6.07) is 8.19. The third-order valence-corrected chi connectivity index (χ3v) is 5.21. The number of thiophene rings is 1. The smallest absolute Gasteiger partial charge is 0.262 e. The van der Waals surface area contributed by atoms with Crippen molar-refractivity contribution in [3.63, 3.8) is 0 Å². The van der Waals surface area contributed by atoms with E-state index in [1.54, 1.807) is 22.8 Å². The number of nitrogens with zero attached hydrogens (tertiary/aromatic N) is 2. The van der Waals surface area contributed by atoms with E-state index in [1.165, 1.54) is 5.56 Å². The molecule has 124 valence electrons. The SMILES string of the molecule is CC(=O)CCn1c(C)nc2sc(C)c(-c3ccc(C)cc3)c2c1=O. The Balaban J connectivity index is 2.25. The van der Waals surface area contributed by atoms with Gasteiger partial charge in [-0.25, -0.2) is 4.98 Å². The zero-order valence-electron chi connectivity index (χ0n) is 14.3. The molecule has 4 nitrogen and oxygen atoms in total. The minimum absolute atomic E-state index is 0.0568. The van der Waals surface area contributed by atoms with Crippen molar-refractivity contribution < 1.29 is 4.79 Å². The fourth-order valence-electron chi connectivity index (χ4n) is 2.90. The Morgan fingerprint density at radius 1 is 1.17 bits per heavy atom. The molecule has 5 heteroatoms. The fraction of sp³-hybridized carbons (Fsp3) is 0.316. The second-order valence-corrected chi connectivity index (χ2v) is 7.35. The summed E-state index contributed by atoms with van der Waals surface area (Å²) >= 11 is 1.55. The van der Waals surface area contributed by atoms with E-state index >= 15 is 0 Å². The van der Waals surface area contributed by atoms with Crippen LogP contribution >= 0.6 is 11.3 Å². The van der Waals surface area contributed by atoms with Gasteiger partial charge >= 0.3 is 0 Å². The summed E-state index contributed by atoms with van der Waals surface area (Å²) in [5, 5.41) is 0.663. The van der Waals surface area contributed by atoms with Gasteiger partial charge in [0.25, 0.3) is 5.56 Å². The highest BCUT2D eigenvalue weighted by atomic mass is 32.1. The van der Waals surface area contributed by atoms with Crippen LogP contribution in [0.5, 0.6) is 0 Å². The number of ketones is 1. The summed E-state index contributed by atoms with van der Waals surface area (Å²) in [5.74, 6) is 0.729. The topological polar surface area (TPSA) is 52.0 Å². The van der Waals surface area contributed by atoms with Crippen LogP contribution in [0.25, 0.3) is 21.3 Å². The van der Waals surface area contributed by atoms with Crippen LogP contribution in [0.15, 0.2) is 29.1 Å². The number of benzene rings is 1. The molecule has 0 saturated carbocycles. The Kier molecular flexibility index (Phi) is 4.37. The molecule has 0 spiro atoms. The second-order valence-electron chi connectivity index (χ2n) is 6.15. The summed E-state index contributed by atoms with van der Waals surface area (Å²) in [6.07, 6.45) is 0.344. The molecular weight excluding hydrogens is 320 g/mol. The van der Waals surface area contributed by atoms with Gasteiger partial charge in [-0.1, -0.05) is 29.8 Å². The van der Waals surface area contributed by atoms with Gasteiger partial charge < -0.3 is 0 Å². The normalized spacial score (nSPS) is 11.2. The molecule has 0 saturated heterocycles. The highest BCUT2D eigenvalue weighted by Gasteiger charge is 2.18. The van der Waals surface area contributed by atoms with Crippen molar-refractivity contribution in [2.45, 2.75) is 40.7 Å². The summed E-state index contributed by atoms with van der Waals surface area (Å²) in [5.41, 5.74) is 3.12. The average molecular weight is 340 g/mol. The highest BCUT2D eigenvalue weighted by molar-refractivity contribution is 7.19. The van der Waals surface area contributed by atoms with Crippen LogP contribution in [0, 0.1) is 20.8 Å². The van der Waals surface area contributed by atoms with E-state index in [4.69, 9.17) is 0 Å². The van der Waals surface area contributed by atoms with Crippen molar-refractivity contribution in [1.82, 2.24) is 9.55 Å². The molecule has 1 aromatic carbocycles. The molecule has 2 heterocycles. The molecule has 0 aliphatic heterocycles. The maximum absolute atomic E-state index is 13.1. The molecule has 2 aromatic heterocycles. The van der Waals surface area contributed by atoms with E-state index in [-0.39, 0.29) is 11.3 Å². The van der Waals surface area contributed by atoms with Crippen LogP contribution in [0.3, 0.4) is 0 Å². The second kappa shape index (κ2) is 6.32. The number of aromatic nitrogens is 2. The zero-order valence-corrected chi connectivity index (χ0v) is 15.2. The number of hydrogen-bond acceptors (Lipinski definition) is 4. The number of Topliss-reactive ketones (excluding diaryl/α,β-unsaturated/α-hetero) is 1. The maximum atomic E-state index is 13.1. The lowest BCUT2D eigenvalue weighted by Crippen LogP contribution is -2.24. The van der Waals surface area contributed by atoms with E-state index in [0.29, 0.717) is 24.2 Å². The largest absolute Gasteiger partial charge is 0.300 e. The first kappa shape index (κ1) is 16.6. The lowest BCUT2D eigenvalue weighted by Gasteiger charge is -2.09. The Morgan fingerprint density at radius 2 is 1.83 bits per heavy atom. The number of carbonyl (C=O) groups excluding carboxylic acids is 1.